The Morgan fingerprint density at radius 1 is 0.506 bits per heavy atom. The molecule has 0 saturated carbocycles. The molecule has 0 saturated heterocycles. The fourth-order valence-corrected chi connectivity index (χ4v) is 9.84. The molecular weight excluding hydrogens is 1080 g/mol. The van der Waals surface area contributed by atoms with Gasteiger partial charge in [-0.1, -0.05) is 66.7 Å². The van der Waals surface area contributed by atoms with Crippen LogP contribution in [-0.4, -0.2) is 63.9 Å². The van der Waals surface area contributed by atoms with Crippen LogP contribution in [0.5, 0.6) is 34.5 Å². The quantitative estimate of drug-likeness (QED) is 0.0466. The third kappa shape index (κ3) is 15.8. The van der Waals surface area contributed by atoms with Crippen LogP contribution in [0.15, 0.2) is 184 Å². The van der Waals surface area contributed by atoms with Gasteiger partial charge in [-0.2, -0.15) is 4.98 Å². The number of nitrogens with one attached hydrogen (secondary N) is 6. The average molecular weight is 1140 g/mol. The van der Waals surface area contributed by atoms with Gasteiger partial charge in [0.2, 0.25) is 0 Å². The fourth-order valence-electron chi connectivity index (χ4n) is 7.71. The molecule has 0 aliphatic carbocycles. The van der Waals surface area contributed by atoms with Gasteiger partial charge in [0.05, 0.1) is 7.11 Å². The summed E-state index contributed by atoms with van der Waals surface area (Å²) in [6.45, 7) is 10.0. The number of amides is 6. The maximum atomic E-state index is 13.8. The summed E-state index contributed by atoms with van der Waals surface area (Å²) in [5.41, 5.74) is 2.15. The number of aromatic nitrogens is 1. The van der Waals surface area contributed by atoms with E-state index in [0.29, 0.717) is 28.4 Å². The molecule has 8 aromatic rings. The zero-order chi connectivity index (χ0) is 58.1. The van der Waals surface area contributed by atoms with Crippen molar-refractivity contribution in [1.82, 2.24) is 25.1 Å². The van der Waals surface area contributed by atoms with Crippen LogP contribution < -0.4 is 49.7 Å². The van der Waals surface area contributed by atoms with Crippen molar-refractivity contribution < 1.29 is 59.4 Å². The zero-order valence-corrected chi connectivity index (χ0v) is 46.6. The Morgan fingerprint density at radius 3 is 1.44 bits per heavy atom. The van der Waals surface area contributed by atoms with E-state index in [1.165, 1.54) is 30.5 Å². The number of rotatable bonds is 18. The molecule has 0 fully saturated rings. The third-order valence-electron chi connectivity index (χ3n) is 11.3. The number of para-hydroxylation sites is 1. The van der Waals surface area contributed by atoms with Crippen molar-refractivity contribution in [3.05, 3.63) is 187 Å². The minimum Gasteiger partial charge on any atom is -0.497 e. The van der Waals surface area contributed by atoms with Gasteiger partial charge in [-0.25, -0.2) is 35.9 Å². The van der Waals surface area contributed by atoms with E-state index >= 15 is 0 Å². The predicted octanol–water partition coefficient (Wildman–Crippen LogP) is 11.3. The van der Waals surface area contributed by atoms with Crippen molar-refractivity contribution in [2.45, 2.75) is 69.0 Å². The van der Waals surface area contributed by atoms with E-state index in [-0.39, 0.29) is 46.7 Å². The van der Waals surface area contributed by atoms with Crippen LogP contribution in [0.4, 0.5) is 21.3 Å². The molecule has 7 aromatic carbocycles. The van der Waals surface area contributed by atoms with Crippen molar-refractivity contribution in [3.63, 3.8) is 0 Å². The molecule has 418 valence electrons. The van der Waals surface area contributed by atoms with E-state index in [4.69, 9.17) is 23.4 Å². The number of hydrogen-bond acceptors (Lipinski definition) is 14. The molecular formula is C59H57N7O13S2. The molecule has 20 nitrogen and oxygen atoms in total. The van der Waals surface area contributed by atoms with E-state index in [1.54, 1.807) is 152 Å². The van der Waals surface area contributed by atoms with Crippen LogP contribution in [0.25, 0.3) is 22.3 Å². The summed E-state index contributed by atoms with van der Waals surface area (Å²) in [6, 6.07) is 42.1. The summed E-state index contributed by atoms with van der Waals surface area (Å²) >= 11 is 0. The van der Waals surface area contributed by atoms with Crippen LogP contribution in [0, 0.1) is 0 Å². The van der Waals surface area contributed by atoms with Crippen molar-refractivity contribution in [2.75, 3.05) is 17.7 Å². The third-order valence-corrected chi connectivity index (χ3v) is 14.1. The molecule has 6 N–H and O–H groups in total. The summed E-state index contributed by atoms with van der Waals surface area (Å²) in [5.74, 6) is -0.0611. The average Bonchev–Trinajstić information content (AvgIpc) is 4.05. The van der Waals surface area contributed by atoms with E-state index in [9.17, 15) is 36.0 Å². The highest BCUT2D eigenvalue weighted by molar-refractivity contribution is 7.90. The monoisotopic (exact) mass is 1140 g/mol. The summed E-state index contributed by atoms with van der Waals surface area (Å²) < 4.78 is 88.3. The standard InChI is InChI=1S/C59H57N7O13S2/c1-58(2,3)63-55(69)65-80(71,72)51-33-41(53(67)60-43-15-9-8-10-16-43)23-29-49(51)78-48-18-12-14-40(32-48)38-21-27-46(28-22-38)76-35-44-36-77-57(61-44)62-54(68)42-24-30-50(52(34-42)81(73,74)66-56(70)64-59(4,5)6)79-47-17-11-13-39(31-47)37-19-25-45(75-7)26-20-37/h8-34,36H,35H2,1-7H3,(H,60,67)(H,61,62,68)(H2,63,65,69)(H2,64,66,70). The van der Waals surface area contributed by atoms with Gasteiger partial charge < -0.3 is 39.3 Å². The number of nitrogens with zero attached hydrogens (tertiary/aromatic N) is 1. The van der Waals surface area contributed by atoms with Crippen molar-refractivity contribution in [3.8, 4) is 56.8 Å². The minimum atomic E-state index is -4.65. The molecule has 1 heterocycles. The SMILES string of the molecule is COc1ccc(-c2cccc(Oc3ccc(C(=O)Nc4nc(COc5ccc(-c6cccc(Oc7ccc(C(=O)Nc8ccccc8)cc7S(=O)(=O)NC(=O)NC(C)(C)C)c6)cc5)co4)cc3S(=O)(=O)NC(=O)NC(C)(C)C)c2)cc1. The molecule has 8 rings (SSSR count). The summed E-state index contributed by atoms with van der Waals surface area (Å²) in [7, 11) is -7.68. The van der Waals surface area contributed by atoms with Crippen LogP contribution in [-0.2, 0) is 26.7 Å². The van der Waals surface area contributed by atoms with Crippen LogP contribution in [0.2, 0.25) is 0 Å². The van der Waals surface area contributed by atoms with Crippen molar-refractivity contribution in [2.24, 2.45) is 0 Å². The fraction of sp³-hybridized carbons (Fsp3) is 0.169. The number of carbonyl (C=O) groups is 4. The van der Waals surface area contributed by atoms with E-state index in [1.807, 2.05) is 33.7 Å². The highest BCUT2D eigenvalue weighted by Gasteiger charge is 2.29. The molecule has 6 amide bonds. The van der Waals surface area contributed by atoms with Gasteiger partial charge >= 0.3 is 18.1 Å². The summed E-state index contributed by atoms with van der Waals surface area (Å²) in [5, 5.41) is 10.4. The van der Waals surface area contributed by atoms with Gasteiger partial charge in [-0.3, -0.25) is 14.9 Å². The van der Waals surface area contributed by atoms with Crippen molar-refractivity contribution in [1.29, 1.82) is 0 Å². The summed E-state index contributed by atoms with van der Waals surface area (Å²) in [4.78, 5) is 55.9. The molecule has 0 aliphatic heterocycles. The first-order valence-corrected chi connectivity index (χ1v) is 27.9. The molecule has 0 unspecified atom stereocenters. The molecule has 0 bridgehead atoms. The predicted molar refractivity (Wildman–Crippen MR) is 304 cm³/mol. The Balaban J connectivity index is 0.934. The number of ether oxygens (including phenoxy) is 4. The molecule has 1 aromatic heterocycles. The smallest absolute Gasteiger partial charge is 0.329 e. The lowest BCUT2D eigenvalue weighted by Gasteiger charge is -2.21. The highest BCUT2D eigenvalue weighted by Crippen LogP contribution is 2.35. The lowest BCUT2D eigenvalue weighted by atomic mass is 10.1. The largest absolute Gasteiger partial charge is 0.497 e. The first-order valence-electron chi connectivity index (χ1n) is 24.9. The normalized spacial score (nSPS) is 11.6. The molecule has 81 heavy (non-hydrogen) atoms. The Kier molecular flexibility index (Phi) is 17.1. The molecule has 0 spiro atoms. The Bertz CT molecular complexity index is 3840. The first-order chi connectivity index (χ1) is 38.4. The van der Waals surface area contributed by atoms with Gasteiger partial charge in [0.25, 0.3) is 31.9 Å². The Labute approximate surface area is 468 Å². The second kappa shape index (κ2) is 24.1. The van der Waals surface area contributed by atoms with Gasteiger partial charge in [0, 0.05) is 27.9 Å². The van der Waals surface area contributed by atoms with Gasteiger partial charge in [-0.15, -0.1) is 0 Å². The van der Waals surface area contributed by atoms with Gasteiger partial charge in [-0.05, 0) is 161 Å². The summed E-state index contributed by atoms with van der Waals surface area (Å²) in [6.07, 6.45) is 1.28. The van der Waals surface area contributed by atoms with E-state index in [0.717, 1.165) is 28.8 Å². The second-order valence-electron chi connectivity index (χ2n) is 20.2. The van der Waals surface area contributed by atoms with Crippen LogP contribution in [0.1, 0.15) is 68.0 Å². The maximum Gasteiger partial charge on any atom is 0.329 e. The topological polar surface area (TPSA) is 272 Å². The lowest BCUT2D eigenvalue weighted by molar-refractivity contribution is 0.101. The van der Waals surface area contributed by atoms with Crippen molar-refractivity contribution >= 4 is 55.6 Å². The Hall–Kier alpha value is -9.67. The molecule has 0 radical (unpaired) electrons. The number of carbonyl (C=O) groups excluding carboxylic acids is 4. The minimum absolute atomic E-state index is 0.00547. The molecule has 0 aliphatic rings. The van der Waals surface area contributed by atoms with Crippen LogP contribution >= 0.6 is 0 Å². The van der Waals surface area contributed by atoms with Gasteiger partial charge in [0.1, 0.15) is 62.9 Å². The molecule has 0 atom stereocenters. The lowest BCUT2D eigenvalue weighted by Crippen LogP contribution is -2.48. The number of benzene rings is 7. The number of hydrogen-bond donors (Lipinski definition) is 6. The highest BCUT2D eigenvalue weighted by atomic mass is 32.2. The van der Waals surface area contributed by atoms with Gasteiger partial charge in [0.15, 0.2) is 0 Å². The maximum absolute atomic E-state index is 13.8. The number of anilines is 2. The molecule has 22 heteroatoms. The van der Waals surface area contributed by atoms with Crippen LogP contribution in [0.3, 0.4) is 0 Å². The second-order valence-corrected chi connectivity index (χ2v) is 23.5. The number of sulfonamides is 2. The zero-order valence-electron chi connectivity index (χ0n) is 44.9. The number of urea groups is 2. The number of oxazole rings is 1. The Morgan fingerprint density at radius 2 is 0.975 bits per heavy atom. The first kappa shape index (κ1) is 57.5. The number of methoxy groups -OCH3 is 1. The van der Waals surface area contributed by atoms with E-state index < -0.39 is 64.8 Å². The van der Waals surface area contributed by atoms with E-state index in [2.05, 4.69) is 26.3 Å².